The van der Waals surface area contributed by atoms with Gasteiger partial charge in [-0.05, 0) is 23.9 Å². The molecule has 114 valence electrons. The van der Waals surface area contributed by atoms with Crippen LogP contribution < -0.4 is 10.5 Å². The van der Waals surface area contributed by atoms with Crippen LogP contribution in [0.5, 0.6) is 5.88 Å². The van der Waals surface area contributed by atoms with Gasteiger partial charge in [-0.25, -0.2) is 0 Å². The molecule has 1 aliphatic heterocycles. The summed E-state index contributed by atoms with van der Waals surface area (Å²) in [7, 11) is 0. The van der Waals surface area contributed by atoms with Crippen LogP contribution in [-0.4, -0.2) is 10.2 Å². The van der Waals surface area contributed by atoms with Crippen molar-refractivity contribution in [1.29, 1.82) is 5.26 Å². The summed E-state index contributed by atoms with van der Waals surface area (Å²) in [6.45, 7) is 8.36. The fourth-order valence-electron chi connectivity index (χ4n) is 2.76. The smallest absolute Gasteiger partial charge is 0.244 e. The van der Waals surface area contributed by atoms with Gasteiger partial charge in [-0.3, -0.25) is 5.10 Å². The highest BCUT2D eigenvalue weighted by Crippen LogP contribution is 2.47. The molecule has 1 atom stereocenters. The lowest BCUT2D eigenvalue weighted by molar-refractivity contribution is 0.378. The van der Waals surface area contributed by atoms with Gasteiger partial charge in [0, 0.05) is 16.0 Å². The molecule has 0 spiro atoms. The predicted molar refractivity (Wildman–Crippen MR) is 85.6 cm³/mol. The first-order valence-corrected chi connectivity index (χ1v) is 7.93. The van der Waals surface area contributed by atoms with Crippen LogP contribution in [0.4, 0.5) is 0 Å². The minimum atomic E-state index is -0.221. The number of H-pyrrole nitrogens is 1. The van der Waals surface area contributed by atoms with Crippen molar-refractivity contribution in [2.24, 2.45) is 5.73 Å². The van der Waals surface area contributed by atoms with Crippen molar-refractivity contribution >= 4 is 11.3 Å². The average molecular weight is 314 g/mol. The molecule has 3 rings (SSSR count). The van der Waals surface area contributed by atoms with E-state index in [4.69, 9.17) is 10.5 Å². The van der Waals surface area contributed by atoms with Gasteiger partial charge in [0.15, 0.2) is 0 Å². The van der Waals surface area contributed by atoms with E-state index in [0.29, 0.717) is 11.5 Å². The van der Waals surface area contributed by atoms with Crippen LogP contribution in [0, 0.1) is 18.3 Å². The first kappa shape index (κ1) is 14.7. The van der Waals surface area contributed by atoms with E-state index in [1.165, 1.54) is 0 Å². The van der Waals surface area contributed by atoms with Crippen LogP contribution >= 0.6 is 11.3 Å². The number of nitrogens with two attached hydrogens (primary N) is 1. The zero-order valence-corrected chi connectivity index (χ0v) is 13.8. The molecule has 0 aliphatic carbocycles. The number of nitrogens with one attached hydrogen (secondary N) is 1. The fraction of sp³-hybridized carbons (Fsp3) is 0.375. The molecule has 3 N–H and O–H groups in total. The minimum absolute atomic E-state index is 0.139. The second-order valence-electron chi connectivity index (χ2n) is 6.46. The maximum Gasteiger partial charge on any atom is 0.244 e. The predicted octanol–water partition coefficient (Wildman–Crippen LogP) is 3.30. The SMILES string of the molecule is Cc1ccsc1[C@H]1C(C#N)=C(N)Oc2n[nH]c(C(C)(C)C)c21. The number of nitriles is 1. The molecule has 0 radical (unpaired) electrons. The number of hydrogen-bond acceptors (Lipinski definition) is 5. The van der Waals surface area contributed by atoms with Gasteiger partial charge in [0.2, 0.25) is 11.8 Å². The van der Waals surface area contributed by atoms with Crippen molar-refractivity contribution < 1.29 is 4.74 Å². The van der Waals surface area contributed by atoms with Crippen LogP contribution in [0.1, 0.15) is 48.4 Å². The Bertz CT molecular complexity index is 801. The molecule has 0 amide bonds. The van der Waals surface area contributed by atoms with Crippen LogP contribution in [0.25, 0.3) is 0 Å². The van der Waals surface area contributed by atoms with Crippen molar-refractivity contribution in [3.8, 4) is 11.9 Å². The number of hydrogen-bond donors (Lipinski definition) is 2. The highest BCUT2D eigenvalue weighted by molar-refractivity contribution is 7.10. The van der Waals surface area contributed by atoms with Crippen molar-refractivity contribution in [2.75, 3.05) is 0 Å². The quantitative estimate of drug-likeness (QED) is 0.845. The Balaban J connectivity index is 2.30. The first-order chi connectivity index (χ1) is 10.3. The molecule has 0 bridgehead atoms. The third-order valence-electron chi connectivity index (χ3n) is 3.85. The summed E-state index contributed by atoms with van der Waals surface area (Å²) in [6.07, 6.45) is 0. The summed E-state index contributed by atoms with van der Waals surface area (Å²) < 4.78 is 5.58. The van der Waals surface area contributed by atoms with Crippen molar-refractivity contribution in [3.63, 3.8) is 0 Å². The molecule has 0 saturated carbocycles. The summed E-state index contributed by atoms with van der Waals surface area (Å²) in [5.41, 5.74) is 9.30. The summed E-state index contributed by atoms with van der Waals surface area (Å²) >= 11 is 1.63. The highest BCUT2D eigenvalue weighted by Gasteiger charge is 2.38. The van der Waals surface area contributed by atoms with Crippen LogP contribution in [0.2, 0.25) is 0 Å². The molecule has 2 aromatic rings. The average Bonchev–Trinajstić information content (AvgIpc) is 3.02. The zero-order chi connectivity index (χ0) is 16.1. The summed E-state index contributed by atoms with van der Waals surface area (Å²) in [4.78, 5) is 1.11. The van der Waals surface area contributed by atoms with E-state index in [-0.39, 0.29) is 17.2 Å². The molecule has 3 heterocycles. The fourth-order valence-corrected chi connectivity index (χ4v) is 3.80. The summed E-state index contributed by atoms with van der Waals surface area (Å²) in [5.74, 6) is 0.390. The molecule has 0 aromatic carbocycles. The monoisotopic (exact) mass is 314 g/mol. The molecule has 6 heteroatoms. The summed E-state index contributed by atoms with van der Waals surface area (Å²) in [5, 5.41) is 19.0. The van der Waals surface area contributed by atoms with E-state index in [1.54, 1.807) is 11.3 Å². The van der Waals surface area contributed by atoms with Gasteiger partial charge in [0.1, 0.15) is 11.6 Å². The van der Waals surface area contributed by atoms with Gasteiger partial charge < -0.3 is 10.5 Å². The number of ether oxygens (including phenoxy) is 1. The molecule has 1 aliphatic rings. The zero-order valence-electron chi connectivity index (χ0n) is 13.0. The lowest BCUT2D eigenvalue weighted by Gasteiger charge is -2.27. The van der Waals surface area contributed by atoms with Crippen LogP contribution in [-0.2, 0) is 5.41 Å². The maximum absolute atomic E-state index is 9.58. The van der Waals surface area contributed by atoms with Crippen molar-refractivity contribution in [2.45, 2.75) is 39.0 Å². The Morgan fingerprint density at radius 1 is 1.45 bits per heavy atom. The number of thiophene rings is 1. The van der Waals surface area contributed by atoms with E-state index in [1.807, 2.05) is 12.3 Å². The van der Waals surface area contributed by atoms with Crippen molar-refractivity contribution in [3.05, 3.63) is 44.6 Å². The number of fused-ring (bicyclic) bond motifs is 1. The highest BCUT2D eigenvalue weighted by atomic mass is 32.1. The van der Waals surface area contributed by atoms with Crippen molar-refractivity contribution in [1.82, 2.24) is 10.2 Å². The number of aryl methyl sites for hydroxylation is 1. The van der Waals surface area contributed by atoms with Gasteiger partial charge in [0.25, 0.3) is 0 Å². The lowest BCUT2D eigenvalue weighted by atomic mass is 9.80. The van der Waals surface area contributed by atoms with Gasteiger partial charge in [-0.2, -0.15) is 5.26 Å². The molecule has 0 unspecified atom stereocenters. The number of aromatic nitrogens is 2. The topological polar surface area (TPSA) is 87.7 Å². The third kappa shape index (κ3) is 2.09. The molecule has 22 heavy (non-hydrogen) atoms. The first-order valence-electron chi connectivity index (χ1n) is 7.05. The van der Waals surface area contributed by atoms with E-state index in [0.717, 1.165) is 21.7 Å². The maximum atomic E-state index is 9.58. The van der Waals surface area contributed by atoms with E-state index in [9.17, 15) is 5.26 Å². The number of aromatic amines is 1. The Hall–Kier alpha value is -2.26. The van der Waals surface area contributed by atoms with Gasteiger partial charge in [-0.15, -0.1) is 16.4 Å². The Labute approximate surface area is 133 Å². The number of rotatable bonds is 1. The largest absolute Gasteiger partial charge is 0.420 e. The van der Waals surface area contributed by atoms with E-state index in [2.05, 4.69) is 43.1 Å². The van der Waals surface area contributed by atoms with Gasteiger partial charge >= 0.3 is 0 Å². The van der Waals surface area contributed by atoms with Gasteiger partial charge in [0.05, 0.1) is 11.5 Å². The molecule has 2 aromatic heterocycles. The molecule has 5 nitrogen and oxygen atoms in total. The van der Waals surface area contributed by atoms with Crippen LogP contribution in [0.3, 0.4) is 0 Å². The standard InChI is InChI=1S/C16H18N4OS/c1-8-5-6-22-12(8)10-9(7-17)14(18)21-15-11(10)13(19-20-15)16(2,3)4/h5-6,10H,18H2,1-4H3,(H,19,20)/t10-/m0/s1. The van der Waals surface area contributed by atoms with Crippen LogP contribution in [0.15, 0.2) is 22.9 Å². The van der Waals surface area contributed by atoms with E-state index >= 15 is 0 Å². The molecule has 0 saturated heterocycles. The minimum Gasteiger partial charge on any atom is -0.420 e. The molecular weight excluding hydrogens is 296 g/mol. The molecular formula is C16H18N4OS. The Morgan fingerprint density at radius 2 is 2.18 bits per heavy atom. The second kappa shape index (κ2) is 4.89. The lowest BCUT2D eigenvalue weighted by Crippen LogP contribution is -2.23. The Morgan fingerprint density at radius 3 is 2.73 bits per heavy atom. The number of nitrogens with zero attached hydrogens (tertiary/aromatic N) is 2. The number of allylic oxidation sites excluding steroid dienone is 1. The normalized spacial score (nSPS) is 17.9. The summed E-state index contributed by atoms with van der Waals surface area (Å²) in [6, 6.07) is 4.28. The third-order valence-corrected chi connectivity index (χ3v) is 4.94. The van der Waals surface area contributed by atoms with Gasteiger partial charge in [-0.1, -0.05) is 20.8 Å². The second-order valence-corrected chi connectivity index (χ2v) is 7.41. The van der Waals surface area contributed by atoms with E-state index < -0.39 is 0 Å². The molecule has 0 fully saturated rings. The Kier molecular flexibility index (Phi) is 3.26.